The van der Waals surface area contributed by atoms with Crippen molar-refractivity contribution in [3.63, 3.8) is 0 Å². The molecule has 5 heteroatoms. The summed E-state index contributed by atoms with van der Waals surface area (Å²) in [6, 6.07) is 14.8. The average molecular weight is 401 g/mol. The first-order valence-electron chi connectivity index (χ1n) is 9.70. The summed E-state index contributed by atoms with van der Waals surface area (Å²) in [5.74, 6) is -0.239. The Morgan fingerprint density at radius 2 is 1.75 bits per heavy atom. The van der Waals surface area contributed by atoms with Gasteiger partial charge in [0.2, 0.25) is 11.8 Å². The zero-order valence-electron chi connectivity index (χ0n) is 17.0. The Morgan fingerprint density at radius 1 is 1.07 bits per heavy atom. The van der Waals surface area contributed by atoms with Crippen molar-refractivity contribution in [1.82, 2.24) is 10.2 Å². The zero-order valence-corrected chi connectivity index (χ0v) is 17.8. The van der Waals surface area contributed by atoms with Gasteiger partial charge in [-0.15, -0.1) is 0 Å². The molecule has 0 aliphatic carbocycles. The van der Waals surface area contributed by atoms with E-state index in [4.69, 9.17) is 11.6 Å². The van der Waals surface area contributed by atoms with Crippen molar-refractivity contribution in [2.75, 3.05) is 0 Å². The van der Waals surface area contributed by atoms with Gasteiger partial charge in [0.1, 0.15) is 6.04 Å². The lowest BCUT2D eigenvalue weighted by atomic mass is 10.1. The second-order valence-corrected chi connectivity index (χ2v) is 7.75. The number of benzene rings is 2. The normalized spacial score (nSPS) is 12.9. The maximum absolute atomic E-state index is 13.1. The molecule has 2 aromatic carbocycles. The first-order chi connectivity index (χ1) is 13.3. The predicted molar refractivity (Wildman–Crippen MR) is 114 cm³/mol. The molecule has 0 fully saturated rings. The van der Waals surface area contributed by atoms with Crippen molar-refractivity contribution < 1.29 is 9.59 Å². The van der Waals surface area contributed by atoms with E-state index >= 15 is 0 Å². The number of hydrogen-bond donors (Lipinski definition) is 1. The topological polar surface area (TPSA) is 49.4 Å². The highest BCUT2D eigenvalue weighted by Gasteiger charge is 2.26. The predicted octanol–water partition coefficient (Wildman–Crippen LogP) is 4.52. The molecule has 0 unspecified atom stereocenters. The Labute approximate surface area is 172 Å². The molecule has 0 radical (unpaired) electrons. The smallest absolute Gasteiger partial charge is 0.242 e. The summed E-state index contributed by atoms with van der Waals surface area (Å²) in [6.07, 6.45) is 1.04. The van der Waals surface area contributed by atoms with Gasteiger partial charge in [0.15, 0.2) is 0 Å². The Balaban J connectivity index is 2.23. The van der Waals surface area contributed by atoms with Gasteiger partial charge in [-0.2, -0.15) is 0 Å². The van der Waals surface area contributed by atoms with Crippen molar-refractivity contribution >= 4 is 23.4 Å². The van der Waals surface area contributed by atoms with E-state index in [2.05, 4.69) is 5.32 Å². The monoisotopic (exact) mass is 400 g/mol. The quantitative estimate of drug-likeness (QED) is 0.708. The zero-order chi connectivity index (χ0) is 20.7. The highest BCUT2D eigenvalue weighted by atomic mass is 35.5. The minimum Gasteiger partial charge on any atom is -0.352 e. The summed E-state index contributed by atoms with van der Waals surface area (Å²) in [6.45, 7) is 8.16. The van der Waals surface area contributed by atoms with Crippen LogP contribution in [-0.2, 0) is 22.6 Å². The number of rotatable bonds is 8. The Hall–Kier alpha value is -2.33. The van der Waals surface area contributed by atoms with Gasteiger partial charge in [0.25, 0.3) is 0 Å². The lowest BCUT2D eigenvalue weighted by molar-refractivity contribution is -0.140. The van der Waals surface area contributed by atoms with Gasteiger partial charge in [0, 0.05) is 17.6 Å². The van der Waals surface area contributed by atoms with Crippen molar-refractivity contribution in [3.8, 4) is 0 Å². The molecule has 0 saturated carbocycles. The van der Waals surface area contributed by atoms with E-state index in [0.29, 0.717) is 11.6 Å². The molecule has 2 aromatic rings. The second kappa shape index (κ2) is 10.3. The summed E-state index contributed by atoms with van der Waals surface area (Å²) in [5.41, 5.74) is 2.96. The Bertz CT molecular complexity index is 822. The van der Waals surface area contributed by atoms with Crippen molar-refractivity contribution in [1.29, 1.82) is 0 Å². The fraction of sp³-hybridized carbons (Fsp3) is 0.391. The SMILES string of the molecule is CC[C@@H](C)NC(=O)[C@H](C)N(Cc1cccc(C)c1)C(=O)Cc1cccc(Cl)c1. The number of carbonyl (C=O) groups excluding carboxylic acids is 2. The fourth-order valence-corrected chi connectivity index (χ4v) is 3.19. The van der Waals surface area contributed by atoms with Gasteiger partial charge >= 0.3 is 0 Å². The van der Waals surface area contributed by atoms with Crippen LogP contribution in [0.1, 0.15) is 43.9 Å². The molecule has 150 valence electrons. The van der Waals surface area contributed by atoms with Gasteiger partial charge in [-0.3, -0.25) is 9.59 Å². The molecule has 0 spiro atoms. The summed E-state index contributed by atoms with van der Waals surface area (Å²) >= 11 is 6.05. The van der Waals surface area contributed by atoms with Crippen molar-refractivity contribution in [2.24, 2.45) is 0 Å². The van der Waals surface area contributed by atoms with Gasteiger partial charge in [0.05, 0.1) is 6.42 Å². The molecule has 0 aliphatic heterocycles. The number of nitrogens with zero attached hydrogens (tertiary/aromatic N) is 1. The van der Waals surface area contributed by atoms with Crippen LogP contribution in [-0.4, -0.2) is 28.8 Å². The Morgan fingerprint density at radius 3 is 2.39 bits per heavy atom. The number of amides is 2. The van der Waals surface area contributed by atoms with E-state index in [0.717, 1.165) is 23.1 Å². The van der Waals surface area contributed by atoms with E-state index in [1.54, 1.807) is 24.0 Å². The maximum Gasteiger partial charge on any atom is 0.242 e. The first-order valence-corrected chi connectivity index (χ1v) is 10.1. The number of halogens is 1. The fourth-order valence-electron chi connectivity index (χ4n) is 2.98. The van der Waals surface area contributed by atoms with Gasteiger partial charge in [-0.05, 0) is 50.5 Å². The molecule has 2 amide bonds. The maximum atomic E-state index is 13.1. The minimum atomic E-state index is -0.568. The summed E-state index contributed by atoms with van der Waals surface area (Å²) in [4.78, 5) is 27.5. The van der Waals surface area contributed by atoms with Gasteiger partial charge < -0.3 is 10.2 Å². The van der Waals surface area contributed by atoms with Crippen LogP contribution in [0.5, 0.6) is 0 Å². The summed E-state index contributed by atoms with van der Waals surface area (Å²) in [5, 5.41) is 3.58. The molecule has 2 atom stereocenters. The second-order valence-electron chi connectivity index (χ2n) is 7.31. The first kappa shape index (κ1) is 22.0. The number of aryl methyl sites for hydroxylation is 1. The van der Waals surface area contributed by atoms with Crippen LogP contribution in [0.4, 0.5) is 0 Å². The largest absolute Gasteiger partial charge is 0.352 e. The molecular formula is C23H29ClN2O2. The number of nitrogens with one attached hydrogen (secondary N) is 1. The molecule has 0 saturated heterocycles. The van der Waals surface area contributed by atoms with Crippen molar-refractivity contribution in [3.05, 3.63) is 70.2 Å². The van der Waals surface area contributed by atoms with Crippen LogP contribution in [0.15, 0.2) is 48.5 Å². The third-order valence-electron chi connectivity index (χ3n) is 4.85. The number of carbonyl (C=O) groups is 2. The minimum absolute atomic E-state index is 0.0683. The van der Waals surface area contributed by atoms with E-state index in [9.17, 15) is 9.59 Å². The molecular weight excluding hydrogens is 372 g/mol. The summed E-state index contributed by atoms with van der Waals surface area (Å²) < 4.78 is 0. The van der Waals surface area contributed by atoms with Crippen LogP contribution in [0.2, 0.25) is 5.02 Å². The number of hydrogen-bond acceptors (Lipinski definition) is 2. The Kier molecular flexibility index (Phi) is 8.06. The highest BCUT2D eigenvalue weighted by Crippen LogP contribution is 2.16. The molecule has 2 rings (SSSR count). The molecule has 4 nitrogen and oxygen atoms in total. The van der Waals surface area contributed by atoms with Crippen LogP contribution in [0.3, 0.4) is 0 Å². The molecule has 28 heavy (non-hydrogen) atoms. The van der Waals surface area contributed by atoms with E-state index in [1.807, 2.05) is 57.2 Å². The van der Waals surface area contributed by atoms with Crippen LogP contribution in [0.25, 0.3) is 0 Å². The van der Waals surface area contributed by atoms with Gasteiger partial charge in [-0.25, -0.2) is 0 Å². The summed E-state index contributed by atoms with van der Waals surface area (Å²) in [7, 11) is 0. The van der Waals surface area contributed by atoms with E-state index in [1.165, 1.54) is 0 Å². The molecule has 0 aliphatic rings. The lowest BCUT2D eigenvalue weighted by Gasteiger charge is -2.30. The molecule has 0 aromatic heterocycles. The van der Waals surface area contributed by atoms with Crippen LogP contribution >= 0.6 is 11.6 Å². The van der Waals surface area contributed by atoms with E-state index < -0.39 is 6.04 Å². The molecule has 1 N–H and O–H groups in total. The van der Waals surface area contributed by atoms with Crippen LogP contribution in [0, 0.1) is 6.92 Å². The lowest BCUT2D eigenvalue weighted by Crippen LogP contribution is -2.49. The van der Waals surface area contributed by atoms with Crippen LogP contribution < -0.4 is 5.32 Å². The third kappa shape index (κ3) is 6.38. The standard InChI is InChI=1S/C23H29ClN2O2/c1-5-17(3)25-23(28)18(4)26(15-20-10-6-8-16(2)12-20)22(27)14-19-9-7-11-21(24)13-19/h6-13,17-18H,5,14-15H2,1-4H3,(H,25,28)/t17-,18+/m1/s1. The average Bonchev–Trinajstić information content (AvgIpc) is 2.65. The highest BCUT2D eigenvalue weighted by molar-refractivity contribution is 6.30. The van der Waals surface area contributed by atoms with E-state index in [-0.39, 0.29) is 24.3 Å². The van der Waals surface area contributed by atoms with Crippen molar-refractivity contribution in [2.45, 2.75) is 59.2 Å². The third-order valence-corrected chi connectivity index (χ3v) is 5.08. The van der Waals surface area contributed by atoms with Gasteiger partial charge in [-0.1, -0.05) is 60.5 Å². The molecule has 0 bridgehead atoms. The molecule has 0 heterocycles.